The molecule has 2 N–H and O–H groups in total. The van der Waals surface area contributed by atoms with Crippen LogP contribution in [0.2, 0.25) is 0 Å². The zero-order valence-electron chi connectivity index (χ0n) is 8.18. The maximum atomic E-state index is 8.74. The fourth-order valence-corrected chi connectivity index (χ4v) is 0.927. The van der Waals surface area contributed by atoms with Crippen LogP contribution >= 0.6 is 0 Å². The first-order chi connectivity index (χ1) is 5.77. The van der Waals surface area contributed by atoms with Gasteiger partial charge in [-0.2, -0.15) is 0 Å². The molecule has 0 heterocycles. The van der Waals surface area contributed by atoms with E-state index in [9.17, 15) is 0 Å². The van der Waals surface area contributed by atoms with Gasteiger partial charge in [-0.05, 0) is 19.9 Å². The first-order valence-electron chi connectivity index (χ1n) is 4.77. The topological polar surface area (TPSA) is 41.5 Å². The maximum absolute atomic E-state index is 8.74. The van der Waals surface area contributed by atoms with Gasteiger partial charge >= 0.3 is 0 Å². The van der Waals surface area contributed by atoms with Gasteiger partial charge < -0.3 is 15.2 Å². The zero-order valence-corrected chi connectivity index (χ0v) is 8.18. The highest BCUT2D eigenvalue weighted by Crippen LogP contribution is 1.90. The third kappa shape index (κ3) is 9.88. The second kappa shape index (κ2) is 8.97. The number of rotatable bonds is 8. The Labute approximate surface area is 75.1 Å². The van der Waals surface area contributed by atoms with Gasteiger partial charge in [-0.25, -0.2) is 0 Å². The molecule has 0 aromatic rings. The minimum absolute atomic E-state index is 0.587. The molecule has 0 aliphatic rings. The molecule has 0 aliphatic heterocycles. The zero-order chi connectivity index (χ0) is 9.23. The van der Waals surface area contributed by atoms with Crippen LogP contribution in [0.4, 0.5) is 0 Å². The van der Waals surface area contributed by atoms with Crippen molar-refractivity contribution >= 4 is 0 Å². The summed E-state index contributed by atoms with van der Waals surface area (Å²) < 4.78 is 4.94. The van der Waals surface area contributed by atoms with Gasteiger partial charge in [-0.3, -0.25) is 0 Å². The maximum Gasteiger partial charge on any atom is 0.151 e. The van der Waals surface area contributed by atoms with Crippen LogP contribution in [0.25, 0.3) is 0 Å². The van der Waals surface area contributed by atoms with Crippen molar-refractivity contribution < 1.29 is 9.84 Å². The Morgan fingerprint density at radius 3 is 2.67 bits per heavy atom. The highest BCUT2D eigenvalue weighted by atomic mass is 16.6. The monoisotopic (exact) mass is 175 g/mol. The van der Waals surface area contributed by atoms with Crippen LogP contribution in [-0.2, 0) is 4.74 Å². The average Bonchev–Trinajstić information content (AvgIpc) is 2.02. The number of hydrogen-bond donors (Lipinski definition) is 2. The van der Waals surface area contributed by atoms with Crippen LogP contribution in [0.5, 0.6) is 0 Å². The lowest BCUT2D eigenvalue weighted by molar-refractivity contribution is -0.0834. The van der Waals surface area contributed by atoms with Gasteiger partial charge in [0.25, 0.3) is 0 Å². The van der Waals surface area contributed by atoms with Gasteiger partial charge in [-0.15, -0.1) is 0 Å². The first kappa shape index (κ1) is 11.9. The van der Waals surface area contributed by atoms with Gasteiger partial charge in [-0.1, -0.05) is 19.8 Å². The minimum atomic E-state index is -0.637. The molecule has 0 saturated heterocycles. The van der Waals surface area contributed by atoms with Crippen molar-refractivity contribution in [3.05, 3.63) is 0 Å². The van der Waals surface area contributed by atoms with Gasteiger partial charge in [0, 0.05) is 6.54 Å². The number of aliphatic hydroxyl groups excluding tert-OH is 1. The molecule has 0 aromatic carbocycles. The van der Waals surface area contributed by atoms with Crippen molar-refractivity contribution in [1.82, 2.24) is 5.32 Å². The molecular weight excluding hydrogens is 154 g/mol. The Morgan fingerprint density at radius 2 is 2.08 bits per heavy atom. The summed E-state index contributed by atoms with van der Waals surface area (Å²) in [5.41, 5.74) is 0. The predicted molar refractivity (Wildman–Crippen MR) is 50.0 cm³/mol. The van der Waals surface area contributed by atoms with E-state index in [1.165, 1.54) is 19.3 Å². The van der Waals surface area contributed by atoms with Crippen molar-refractivity contribution in [3.63, 3.8) is 0 Å². The summed E-state index contributed by atoms with van der Waals surface area (Å²) in [5, 5.41) is 12.0. The summed E-state index contributed by atoms with van der Waals surface area (Å²) in [7, 11) is 0. The lowest BCUT2D eigenvalue weighted by Crippen LogP contribution is -2.22. The second-order valence-electron chi connectivity index (χ2n) is 2.93. The van der Waals surface area contributed by atoms with Crippen molar-refractivity contribution in [2.45, 2.75) is 39.4 Å². The summed E-state index contributed by atoms with van der Waals surface area (Å²) in [6.07, 6.45) is 3.13. The van der Waals surface area contributed by atoms with E-state index >= 15 is 0 Å². The number of nitrogens with one attached hydrogen (secondary N) is 1. The van der Waals surface area contributed by atoms with Crippen molar-refractivity contribution in [2.24, 2.45) is 0 Å². The van der Waals surface area contributed by atoms with E-state index in [4.69, 9.17) is 9.84 Å². The fourth-order valence-electron chi connectivity index (χ4n) is 0.927. The number of aliphatic hydroxyl groups is 1. The molecule has 0 aliphatic carbocycles. The van der Waals surface area contributed by atoms with Crippen molar-refractivity contribution in [2.75, 3.05) is 19.7 Å². The summed E-state index contributed by atoms with van der Waals surface area (Å²) in [6, 6.07) is 0. The molecule has 0 saturated carbocycles. The summed E-state index contributed by atoms with van der Waals surface area (Å²) in [4.78, 5) is 0. The lowest BCUT2D eigenvalue weighted by Gasteiger charge is -2.07. The molecule has 0 radical (unpaired) electrons. The Bertz CT molecular complexity index is 86.6. The third-order valence-corrected chi connectivity index (χ3v) is 1.59. The SMILES string of the molecule is CCCCCNCCOC(C)O. The van der Waals surface area contributed by atoms with Crippen LogP contribution in [0.1, 0.15) is 33.1 Å². The molecule has 0 bridgehead atoms. The lowest BCUT2D eigenvalue weighted by atomic mass is 10.2. The van der Waals surface area contributed by atoms with E-state index in [0.29, 0.717) is 6.61 Å². The molecule has 0 aromatic heterocycles. The summed E-state index contributed by atoms with van der Waals surface area (Å²) in [5.74, 6) is 0. The Morgan fingerprint density at radius 1 is 1.33 bits per heavy atom. The fraction of sp³-hybridized carbons (Fsp3) is 1.00. The minimum Gasteiger partial charge on any atom is -0.368 e. The average molecular weight is 175 g/mol. The van der Waals surface area contributed by atoms with Crippen molar-refractivity contribution in [1.29, 1.82) is 0 Å². The van der Waals surface area contributed by atoms with E-state index in [0.717, 1.165) is 13.1 Å². The normalized spacial score (nSPS) is 13.2. The molecule has 1 atom stereocenters. The van der Waals surface area contributed by atoms with Crippen LogP contribution in [0, 0.1) is 0 Å². The van der Waals surface area contributed by atoms with Crippen LogP contribution in [0.15, 0.2) is 0 Å². The molecule has 0 spiro atoms. The molecule has 74 valence electrons. The summed E-state index contributed by atoms with van der Waals surface area (Å²) >= 11 is 0. The highest BCUT2D eigenvalue weighted by molar-refractivity contribution is 4.46. The van der Waals surface area contributed by atoms with Gasteiger partial charge in [0.05, 0.1) is 6.61 Å². The van der Waals surface area contributed by atoms with Crippen LogP contribution < -0.4 is 5.32 Å². The third-order valence-electron chi connectivity index (χ3n) is 1.59. The van der Waals surface area contributed by atoms with Crippen LogP contribution in [0.3, 0.4) is 0 Å². The molecule has 12 heavy (non-hydrogen) atoms. The predicted octanol–water partition coefficient (Wildman–Crippen LogP) is 1.12. The van der Waals surface area contributed by atoms with E-state index in [2.05, 4.69) is 12.2 Å². The molecule has 0 fully saturated rings. The van der Waals surface area contributed by atoms with E-state index < -0.39 is 6.29 Å². The number of ether oxygens (including phenoxy) is 1. The Balaban J connectivity index is 2.82. The first-order valence-corrected chi connectivity index (χ1v) is 4.77. The largest absolute Gasteiger partial charge is 0.368 e. The molecule has 3 heteroatoms. The van der Waals surface area contributed by atoms with Crippen molar-refractivity contribution in [3.8, 4) is 0 Å². The van der Waals surface area contributed by atoms with Crippen LogP contribution in [-0.4, -0.2) is 31.1 Å². The molecule has 0 amide bonds. The number of unbranched alkanes of at least 4 members (excludes halogenated alkanes) is 2. The molecule has 1 unspecified atom stereocenters. The number of hydrogen-bond acceptors (Lipinski definition) is 3. The molecular formula is C9H21NO2. The smallest absolute Gasteiger partial charge is 0.151 e. The van der Waals surface area contributed by atoms with E-state index in [1.807, 2.05) is 0 Å². The van der Waals surface area contributed by atoms with Gasteiger partial charge in [0.2, 0.25) is 0 Å². The Kier molecular flexibility index (Phi) is 8.88. The standard InChI is InChI=1S/C9H21NO2/c1-3-4-5-6-10-7-8-12-9(2)11/h9-11H,3-8H2,1-2H3. The quantitative estimate of drug-likeness (QED) is 0.429. The molecule has 0 rings (SSSR count). The van der Waals surface area contributed by atoms with Gasteiger partial charge in [0.1, 0.15) is 0 Å². The highest BCUT2D eigenvalue weighted by Gasteiger charge is 1.92. The second-order valence-corrected chi connectivity index (χ2v) is 2.93. The van der Waals surface area contributed by atoms with E-state index in [1.54, 1.807) is 6.92 Å². The Hall–Kier alpha value is -0.120. The molecule has 3 nitrogen and oxygen atoms in total. The van der Waals surface area contributed by atoms with E-state index in [-0.39, 0.29) is 0 Å². The van der Waals surface area contributed by atoms with Gasteiger partial charge in [0.15, 0.2) is 6.29 Å². The summed E-state index contributed by atoms with van der Waals surface area (Å²) in [6.45, 7) is 6.28.